The molecule has 0 unspecified atom stereocenters. The van der Waals surface area contributed by atoms with E-state index >= 15 is 0 Å². The maximum atomic E-state index is 11.4. The quantitative estimate of drug-likeness (QED) is 0.751. The Balaban J connectivity index is 2.76. The van der Waals surface area contributed by atoms with Gasteiger partial charge in [0, 0.05) is 5.75 Å². The Kier molecular flexibility index (Phi) is 3.58. The molecule has 0 spiro atoms. The number of thioether (sulfide) groups is 1. The predicted octanol–water partition coefficient (Wildman–Crippen LogP) is 2.45. The van der Waals surface area contributed by atoms with Crippen molar-refractivity contribution in [3.63, 3.8) is 0 Å². The van der Waals surface area contributed by atoms with Crippen LogP contribution in [0.25, 0.3) is 0 Å². The SMILES string of the molecule is C=CCSC(=O)c1ccccc1O. The molecule has 13 heavy (non-hydrogen) atoms. The van der Waals surface area contributed by atoms with Crippen LogP contribution in [0.5, 0.6) is 5.75 Å². The molecule has 0 fully saturated rings. The maximum absolute atomic E-state index is 11.4. The summed E-state index contributed by atoms with van der Waals surface area (Å²) in [5.41, 5.74) is 0.356. The third-order valence-corrected chi connectivity index (χ3v) is 2.34. The zero-order chi connectivity index (χ0) is 9.68. The second kappa shape index (κ2) is 4.72. The molecule has 0 radical (unpaired) electrons. The van der Waals surface area contributed by atoms with Gasteiger partial charge in [-0.1, -0.05) is 30.0 Å². The summed E-state index contributed by atoms with van der Waals surface area (Å²) in [5.74, 6) is 0.594. The average molecular weight is 194 g/mol. The highest BCUT2D eigenvalue weighted by atomic mass is 32.2. The first-order valence-corrected chi connectivity index (χ1v) is 4.80. The van der Waals surface area contributed by atoms with E-state index in [2.05, 4.69) is 6.58 Å². The zero-order valence-electron chi connectivity index (χ0n) is 7.06. The van der Waals surface area contributed by atoms with Gasteiger partial charge in [0.2, 0.25) is 5.12 Å². The molecule has 0 aliphatic heterocycles. The number of benzene rings is 1. The summed E-state index contributed by atoms with van der Waals surface area (Å²) < 4.78 is 0. The van der Waals surface area contributed by atoms with Gasteiger partial charge in [0.25, 0.3) is 0 Å². The Hall–Kier alpha value is -1.22. The summed E-state index contributed by atoms with van der Waals surface area (Å²) in [5, 5.41) is 9.19. The van der Waals surface area contributed by atoms with E-state index in [0.717, 1.165) is 11.8 Å². The highest BCUT2D eigenvalue weighted by Crippen LogP contribution is 2.21. The van der Waals surface area contributed by atoms with Crippen molar-refractivity contribution in [3.8, 4) is 5.75 Å². The monoisotopic (exact) mass is 194 g/mol. The van der Waals surface area contributed by atoms with Gasteiger partial charge in [-0.25, -0.2) is 0 Å². The summed E-state index contributed by atoms with van der Waals surface area (Å²) >= 11 is 1.13. The topological polar surface area (TPSA) is 37.3 Å². The molecule has 0 amide bonds. The number of carbonyl (C=O) groups is 1. The van der Waals surface area contributed by atoms with Crippen LogP contribution >= 0.6 is 11.8 Å². The minimum atomic E-state index is -0.127. The van der Waals surface area contributed by atoms with Crippen LogP contribution in [0.4, 0.5) is 0 Å². The zero-order valence-corrected chi connectivity index (χ0v) is 7.88. The van der Waals surface area contributed by atoms with E-state index in [1.807, 2.05) is 0 Å². The molecule has 1 aromatic rings. The average Bonchev–Trinajstić information content (AvgIpc) is 2.15. The largest absolute Gasteiger partial charge is 0.507 e. The molecule has 2 nitrogen and oxygen atoms in total. The van der Waals surface area contributed by atoms with E-state index in [0.29, 0.717) is 11.3 Å². The highest BCUT2D eigenvalue weighted by Gasteiger charge is 2.09. The number of rotatable bonds is 3. The van der Waals surface area contributed by atoms with Gasteiger partial charge in [0.1, 0.15) is 5.75 Å². The third kappa shape index (κ3) is 2.63. The fraction of sp³-hybridized carbons (Fsp3) is 0.100. The smallest absolute Gasteiger partial charge is 0.223 e. The van der Waals surface area contributed by atoms with Crippen LogP contribution in [0.15, 0.2) is 36.9 Å². The second-order valence-electron chi connectivity index (χ2n) is 2.40. The van der Waals surface area contributed by atoms with Gasteiger partial charge < -0.3 is 5.11 Å². The van der Waals surface area contributed by atoms with Crippen LogP contribution in [0, 0.1) is 0 Å². The van der Waals surface area contributed by atoms with Crippen molar-refractivity contribution in [1.82, 2.24) is 0 Å². The van der Waals surface area contributed by atoms with Crippen LogP contribution in [-0.2, 0) is 0 Å². The molecule has 0 bridgehead atoms. The van der Waals surface area contributed by atoms with E-state index < -0.39 is 0 Å². The molecule has 3 heteroatoms. The van der Waals surface area contributed by atoms with Gasteiger partial charge in [0.15, 0.2) is 0 Å². The molecule has 68 valence electrons. The Morgan fingerprint density at radius 1 is 1.54 bits per heavy atom. The van der Waals surface area contributed by atoms with Gasteiger partial charge in [-0.05, 0) is 12.1 Å². The number of aromatic hydroxyl groups is 1. The van der Waals surface area contributed by atoms with Crippen LogP contribution in [0.3, 0.4) is 0 Å². The van der Waals surface area contributed by atoms with E-state index in [4.69, 9.17) is 0 Å². The lowest BCUT2D eigenvalue weighted by Crippen LogP contribution is -1.93. The third-order valence-electron chi connectivity index (χ3n) is 1.46. The number of hydrogen-bond donors (Lipinski definition) is 1. The first-order valence-electron chi connectivity index (χ1n) is 3.81. The Morgan fingerprint density at radius 3 is 2.85 bits per heavy atom. The first kappa shape index (κ1) is 9.86. The van der Waals surface area contributed by atoms with Gasteiger partial charge >= 0.3 is 0 Å². The molecule has 0 atom stereocenters. The minimum absolute atomic E-state index is 0.0315. The molecular weight excluding hydrogens is 184 g/mol. The van der Waals surface area contributed by atoms with Crippen molar-refractivity contribution in [2.24, 2.45) is 0 Å². The van der Waals surface area contributed by atoms with Gasteiger partial charge in [0.05, 0.1) is 5.56 Å². The van der Waals surface area contributed by atoms with E-state index in [1.165, 1.54) is 6.07 Å². The normalized spacial score (nSPS) is 9.54. The number of hydrogen-bond acceptors (Lipinski definition) is 3. The molecule has 1 N–H and O–H groups in total. The molecular formula is C10H10O2S. The summed E-state index contributed by atoms with van der Waals surface area (Å²) in [6, 6.07) is 6.52. The van der Waals surface area contributed by atoms with Crippen molar-refractivity contribution < 1.29 is 9.90 Å². The van der Waals surface area contributed by atoms with Crippen molar-refractivity contribution in [3.05, 3.63) is 42.5 Å². The van der Waals surface area contributed by atoms with Crippen LogP contribution in [0.2, 0.25) is 0 Å². The summed E-state index contributed by atoms with van der Waals surface area (Å²) in [6.07, 6.45) is 1.66. The Bertz CT molecular complexity index is 320. The molecule has 0 saturated carbocycles. The van der Waals surface area contributed by atoms with Gasteiger partial charge in [-0.3, -0.25) is 4.79 Å². The number of para-hydroxylation sites is 1. The van der Waals surface area contributed by atoms with Gasteiger partial charge in [-0.15, -0.1) is 6.58 Å². The van der Waals surface area contributed by atoms with E-state index in [1.54, 1.807) is 24.3 Å². The predicted molar refractivity (Wildman–Crippen MR) is 55.1 cm³/mol. The van der Waals surface area contributed by atoms with Crippen LogP contribution in [-0.4, -0.2) is 16.0 Å². The Labute approximate surface area is 81.3 Å². The van der Waals surface area contributed by atoms with Crippen LogP contribution in [0.1, 0.15) is 10.4 Å². The minimum Gasteiger partial charge on any atom is -0.507 e. The van der Waals surface area contributed by atoms with Crippen molar-refractivity contribution in [2.75, 3.05) is 5.75 Å². The fourth-order valence-electron chi connectivity index (χ4n) is 0.859. The lowest BCUT2D eigenvalue weighted by Gasteiger charge is -2.00. The summed E-state index contributed by atoms with van der Waals surface area (Å²) in [6.45, 7) is 3.51. The molecule has 1 aromatic carbocycles. The second-order valence-corrected chi connectivity index (χ2v) is 3.40. The van der Waals surface area contributed by atoms with Gasteiger partial charge in [-0.2, -0.15) is 0 Å². The molecule has 1 rings (SSSR count). The molecule has 0 aromatic heterocycles. The van der Waals surface area contributed by atoms with Crippen molar-refractivity contribution in [2.45, 2.75) is 0 Å². The molecule has 0 heterocycles. The first-order chi connectivity index (χ1) is 6.25. The van der Waals surface area contributed by atoms with E-state index in [9.17, 15) is 9.90 Å². The molecule has 0 aliphatic rings. The summed E-state index contributed by atoms with van der Waals surface area (Å²) in [7, 11) is 0. The number of phenolic OH excluding ortho intramolecular Hbond substituents is 1. The fourth-order valence-corrected chi connectivity index (χ4v) is 1.46. The maximum Gasteiger partial charge on any atom is 0.223 e. The van der Waals surface area contributed by atoms with E-state index in [-0.39, 0.29) is 10.9 Å². The number of phenols is 1. The number of carbonyl (C=O) groups excluding carboxylic acids is 1. The lowest BCUT2D eigenvalue weighted by atomic mass is 10.2. The van der Waals surface area contributed by atoms with Crippen molar-refractivity contribution >= 4 is 16.9 Å². The molecule has 0 aliphatic carbocycles. The van der Waals surface area contributed by atoms with Crippen molar-refractivity contribution in [1.29, 1.82) is 0 Å². The lowest BCUT2D eigenvalue weighted by molar-refractivity contribution is 0.108. The van der Waals surface area contributed by atoms with Crippen LogP contribution < -0.4 is 0 Å². The highest BCUT2D eigenvalue weighted by molar-refractivity contribution is 8.14. The molecule has 0 saturated heterocycles. The Morgan fingerprint density at radius 2 is 2.23 bits per heavy atom. The summed E-state index contributed by atoms with van der Waals surface area (Å²) in [4.78, 5) is 11.4. The standard InChI is InChI=1S/C10H10O2S/c1-2-7-13-10(12)8-5-3-4-6-9(8)11/h2-6,11H,1,7H2.